The minimum atomic E-state index is -0.397. The van der Waals surface area contributed by atoms with Gasteiger partial charge in [-0.25, -0.2) is 0 Å². The first kappa shape index (κ1) is 12.1. The number of fused-ring (bicyclic) bond motifs is 3. The summed E-state index contributed by atoms with van der Waals surface area (Å²) in [6.07, 6.45) is 1.36. The first-order chi connectivity index (χ1) is 9.84. The lowest BCUT2D eigenvalue weighted by Gasteiger charge is -2.13. The molecule has 0 bridgehead atoms. The number of nitrogens with zero attached hydrogens (tertiary/aromatic N) is 1. The highest BCUT2D eigenvalue weighted by Gasteiger charge is 2.22. The van der Waals surface area contributed by atoms with Crippen molar-refractivity contribution in [3.05, 3.63) is 53.2 Å². The Bertz CT molecular complexity index is 797. The van der Waals surface area contributed by atoms with Gasteiger partial charge in [-0.3, -0.25) is 4.98 Å². The van der Waals surface area contributed by atoms with Gasteiger partial charge in [0.05, 0.1) is 23.8 Å². The summed E-state index contributed by atoms with van der Waals surface area (Å²) in [5.74, 6) is 0. The van der Waals surface area contributed by atoms with Crippen molar-refractivity contribution in [2.75, 3.05) is 13.2 Å². The molecule has 0 amide bonds. The van der Waals surface area contributed by atoms with E-state index in [0.717, 1.165) is 27.2 Å². The molecule has 1 fully saturated rings. The molecule has 0 unspecified atom stereocenters. The lowest BCUT2D eigenvalue weighted by Crippen LogP contribution is -2.00. The molecule has 3 aromatic rings. The minimum absolute atomic E-state index is 0.397. The predicted octanol–water partition coefficient (Wildman–Crippen LogP) is 4.09. The van der Waals surface area contributed by atoms with Crippen molar-refractivity contribution >= 4 is 33.3 Å². The van der Waals surface area contributed by atoms with Crippen LogP contribution in [0.25, 0.3) is 21.7 Å². The Morgan fingerprint density at radius 2 is 1.80 bits per heavy atom. The highest BCUT2D eigenvalue weighted by Crippen LogP contribution is 2.35. The number of halogens is 1. The van der Waals surface area contributed by atoms with Crippen molar-refractivity contribution in [1.82, 2.24) is 4.98 Å². The number of benzene rings is 2. The van der Waals surface area contributed by atoms with Gasteiger partial charge in [0, 0.05) is 22.5 Å². The Morgan fingerprint density at radius 1 is 1.00 bits per heavy atom. The van der Waals surface area contributed by atoms with Crippen molar-refractivity contribution in [3.8, 4) is 0 Å². The van der Waals surface area contributed by atoms with Crippen molar-refractivity contribution in [2.45, 2.75) is 6.29 Å². The van der Waals surface area contributed by atoms with Crippen molar-refractivity contribution in [2.24, 2.45) is 0 Å². The Balaban J connectivity index is 1.99. The molecule has 2 aromatic carbocycles. The number of rotatable bonds is 1. The number of ether oxygens (including phenoxy) is 2. The quantitative estimate of drug-likeness (QED) is 0.631. The summed E-state index contributed by atoms with van der Waals surface area (Å²) in [6, 6.07) is 12.2. The molecule has 1 aromatic heterocycles. The standard InChI is InChI=1S/C16H12ClNO2/c17-14-12-6-5-10-3-1-2-4-11(10)15(12)18-9-13(14)16-19-7-8-20-16/h1-6,9,16H,7-8H2. The number of aromatic nitrogens is 1. The SMILES string of the molecule is Clc1c(C2OCCO2)cnc2c1ccc1ccccc12. The van der Waals surface area contributed by atoms with Crippen molar-refractivity contribution in [3.63, 3.8) is 0 Å². The van der Waals surface area contributed by atoms with E-state index in [2.05, 4.69) is 23.2 Å². The molecule has 1 aliphatic rings. The topological polar surface area (TPSA) is 31.4 Å². The third kappa shape index (κ3) is 1.79. The zero-order valence-electron chi connectivity index (χ0n) is 10.7. The Hall–Kier alpha value is -1.68. The van der Waals surface area contributed by atoms with Crippen LogP contribution in [0.1, 0.15) is 11.9 Å². The highest BCUT2D eigenvalue weighted by molar-refractivity contribution is 6.37. The van der Waals surface area contributed by atoms with Gasteiger partial charge in [0.2, 0.25) is 0 Å². The Kier molecular flexibility index (Phi) is 2.84. The normalized spacial score (nSPS) is 16.2. The maximum absolute atomic E-state index is 6.52. The van der Waals surface area contributed by atoms with Crippen LogP contribution in [-0.4, -0.2) is 18.2 Å². The molecule has 0 radical (unpaired) electrons. The second-order valence-electron chi connectivity index (χ2n) is 4.78. The third-order valence-electron chi connectivity index (χ3n) is 3.60. The predicted molar refractivity (Wildman–Crippen MR) is 78.9 cm³/mol. The maximum atomic E-state index is 6.52. The molecule has 20 heavy (non-hydrogen) atoms. The van der Waals surface area contributed by atoms with E-state index in [1.807, 2.05) is 18.2 Å². The summed E-state index contributed by atoms with van der Waals surface area (Å²) >= 11 is 6.52. The lowest BCUT2D eigenvalue weighted by molar-refractivity contribution is -0.0441. The van der Waals surface area contributed by atoms with Gasteiger partial charge in [-0.15, -0.1) is 0 Å². The van der Waals surface area contributed by atoms with E-state index in [4.69, 9.17) is 21.1 Å². The second-order valence-corrected chi connectivity index (χ2v) is 5.16. The van der Waals surface area contributed by atoms with Crippen LogP contribution >= 0.6 is 11.6 Å². The van der Waals surface area contributed by atoms with Gasteiger partial charge in [-0.05, 0) is 5.39 Å². The fraction of sp³-hybridized carbons (Fsp3) is 0.188. The van der Waals surface area contributed by atoms with Gasteiger partial charge in [0.1, 0.15) is 0 Å². The number of pyridine rings is 1. The first-order valence-corrected chi connectivity index (χ1v) is 6.91. The van der Waals surface area contributed by atoms with Crippen LogP contribution in [0, 0.1) is 0 Å². The molecule has 0 spiro atoms. The summed E-state index contributed by atoms with van der Waals surface area (Å²) in [4.78, 5) is 4.57. The van der Waals surface area contributed by atoms with E-state index in [1.165, 1.54) is 0 Å². The summed E-state index contributed by atoms with van der Waals surface area (Å²) in [7, 11) is 0. The summed E-state index contributed by atoms with van der Waals surface area (Å²) in [5, 5.41) is 3.85. The van der Waals surface area contributed by atoms with Crippen LogP contribution in [-0.2, 0) is 9.47 Å². The Labute approximate surface area is 121 Å². The molecule has 1 aliphatic heterocycles. The zero-order valence-corrected chi connectivity index (χ0v) is 11.4. The van der Waals surface area contributed by atoms with Gasteiger partial charge in [-0.1, -0.05) is 48.0 Å². The van der Waals surface area contributed by atoms with E-state index in [0.29, 0.717) is 18.2 Å². The van der Waals surface area contributed by atoms with Gasteiger partial charge >= 0.3 is 0 Å². The number of hydrogen-bond acceptors (Lipinski definition) is 3. The average Bonchev–Trinajstić information content (AvgIpc) is 3.01. The smallest absolute Gasteiger partial charge is 0.186 e. The van der Waals surface area contributed by atoms with E-state index in [-0.39, 0.29) is 0 Å². The van der Waals surface area contributed by atoms with E-state index >= 15 is 0 Å². The van der Waals surface area contributed by atoms with Gasteiger partial charge in [0.15, 0.2) is 6.29 Å². The maximum Gasteiger partial charge on any atom is 0.186 e. The molecule has 1 saturated heterocycles. The van der Waals surface area contributed by atoms with E-state index in [9.17, 15) is 0 Å². The molecule has 4 heteroatoms. The van der Waals surface area contributed by atoms with Crippen LogP contribution in [0.3, 0.4) is 0 Å². The lowest BCUT2D eigenvalue weighted by atomic mass is 10.0. The average molecular weight is 286 g/mol. The summed E-state index contributed by atoms with van der Waals surface area (Å²) in [6.45, 7) is 1.19. The van der Waals surface area contributed by atoms with Crippen molar-refractivity contribution < 1.29 is 9.47 Å². The van der Waals surface area contributed by atoms with Crippen LogP contribution < -0.4 is 0 Å². The van der Waals surface area contributed by atoms with Gasteiger partial charge in [0.25, 0.3) is 0 Å². The van der Waals surface area contributed by atoms with Gasteiger partial charge in [-0.2, -0.15) is 0 Å². The van der Waals surface area contributed by atoms with Crippen molar-refractivity contribution in [1.29, 1.82) is 0 Å². The molecule has 0 atom stereocenters. The molecule has 2 heterocycles. The largest absolute Gasteiger partial charge is 0.346 e. The molecule has 0 aliphatic carbocycles. The number of hydrogen-bond donors (Lipinski definition) is 0. The molecular formula is C16H12ClNO2. The fourth-order valence-electron chi connectivity index (χ4n) is 2.62. The molecule has 100 valence electrons. The first-order valence-electron chi connectivity index (χ1n) is 6.53. The van der Waals surface area contributed by atoms with Gasteiger partial charge < -0.3 is 9.47 Å². The van der Waals surface area contributed by atoms with Crippen LogP contribution in [0.15, 0.2) is 42.6 Å². The molecule has 3 nitrogen and oxygen atoms in total. The monoisotopic (exact) mass is 285 g/mol. The molecule has 4 rings (SSSR count). The Morgan fingerprint density at radius 3 is 2.65 bits per heavy atom. The van der Waals surface area contributed by atoms with Crippen LogP contribution in [0.4, 0.5) is 0 Å². The highest BCUT2D eigenvalue weighted by atomic mass is 35.5. The van der Waals surface area contributed by atoms with Crippen LogP contribution in [0.5, 0.6) is 0 Å². The fourth-order valence-corrected chi connectivity index (χ4v) is 2.91. The third-order valence-corrected chi connectivity index (χ3v) is 4.02. The summed E-state index contributed by atoms with van der Waals surface area (Å²) < 4.78 is 11.0. The zero-order chi connectivity index (χ0) is 13.5. The molecular weight excluding hydrogens is 274 g/mol. The second kappa shape index (κ2) is 4.70. The molecule has 0 saturated carbocycles. The molecule has 0 N–H and O–H groups in total. The minimum Gasteiger partial charge on any atom is -0.346 e. The summed E-state index contributed by atoms with van der Waals surface area (Å²) in [5.41, 5.74) is 1.71. The van der Waals surface area contributed by atoms with Crippen LogP contribution in [0.2, 0.25) is 5.02 Å². The van der Waals surface area contributed by atoms with E-state index < -0.39 is 6.29 Å². The van der Waals surface area contributed by atoms with E-state index in [1.54, 1.807) is 6.20 Å².